The summed E-state index contributed by atoms with van der Waals surface area (Å²) in [4.78, 5) is 2.14. The second kappa shape index (κ2) is 6.26. The Bertz CT molecular complexity index is 415. The van der Waals surface area contributed by atoms with Crippen LogP contribution in [0.4, 0.5) is 0 Å². The fourth-order valence-corrected chi connectivity index (χ4v) is 1.66. The Morgan fingerprint density at radius 2 is 1.84 bits per heavy atom. The largest absolute Gasteiger partial charge is 0.496 e. The summed E-state index contributed by atoms with van der Waals surface area (Å²) in [6.07, 6.45) is 0. The fraction of sp³-hybridized carbons (Fsp3) is 0.600. The van der Waals surface area contributed by atoms with Crippen molar-refractivity contribution < 1.29 is 9.47 Å². The van der Waals surface area contributed by atoms with Crippen LogP contribution >= 0.6 is 0 Å². The van der Waals surface area contributed by atoms with Crippen molar-refractivity contribution in [3.05, 3.63) is 23.8 Å². The Hall–Kier alpha value is -1.26. The molecule has 2 N–H and O–H groups in total. The number of methoxy groups -OCH3 is 1. The molecular weight excluding hydrogens is 240 g/mol. The first-order valence-electron chi connectivity index (χ1n) is 6.52. The third kappa shape index (κ3) is 3.85. The van der Waals surface area contributed by atoms with E-state index in [-0.39, 0.29) is 11.6 Å². The summed E-state index contributed by atoms with van der Waals surface area (Å²) < 4.78 is 11.3. The molecule has 1 aromatic carbocycles. The van der Waals surface area contributed by atoms with Crippen LogP contribution in [0.5, 0.6) is 11.5 Å². The minimum Gasteiger partial charge on any atom is -0.496 e. The molecule has 0 heterocycles. The number of benzene rings is 1. The van der Waals surface area contributed by atoms with Gasteiger partial charge in [-0.2, -0.15) is 0 Å². The van der Waals surface area contributed by atoms with E-state index in [9.17, 15) is 0 Å². The highest BCUT2D eigenvalue weighted by Crippen LogP contribution is 2.33. The van der Waals surface area contributed by atoms with Gasteiger partial charge in [-0.15, -0.1) is 0 Å². The Morgan fingerprint density at radius 1 is 1.26 bits per heavy atom. The van der Waals surface area contributed by atoms with Gasteiger partial charge in [0.05, 0.1) is 12.7 Å². The molecule has 0 aliphatic heterocycles. The van der Waals surface area contributed by atoms with Gasteiger partial charge in [0.2, 0.25) is 0 Å². The van der Waals surface area contributed by atoms with Crippen molar-refractivity contribution in [3.8, 4) is 11.5 Å². The molecule has 108 valence electrons. The first-order chi connectivity index (χ1) is 8.79. The number of rotatable bonds is 6. The van der Waals surface area contributed by atoms with Gasteiger partial charge in [-0.25, -0.2) is 0 Å². The van der Waals surface area contributed by atoms with Gasteiger partial charge in [0, 0.05) is 11.6 Å². The van der Waals surface area contributed by atoms with E-state index in [1.807, 2.05) is 39.2 Å². The molecule has 0 amide bonds. The van der Waals surface area contributed by atoms with E-state index in [0.29, 0.717) is 6.61 Å². The zero-order valence-corrected chi connectivity index (χ0v) is 12.9. The SMILES string of the molecule is COc1cccc(OCC(C)(C)N(C)C)c1C(C)N. The van der Waals surface area contributed by atoms with Gasteiger partial charge in [-0.05, 0) is 47.0 Å². The topological polar surface area (TPSA) is 47.7 Å². The lowest BCUT2D eigenvalue weighted by Gasteiger charge is -2.32. The van der Waals surface area contributed by atoms with Crippen LogP contribution in [-0.2, 0) is 0 Å². The molecule has 19 heavy (non-hydrogen) atoms. The fourth-order valence-electron chi connectivity index (χ4n) is 1.66. The summed E-state index contributed by atoms with van der Waals surface area (Å²) >= 11 is 0. The van der Waals surface area contributed by atoms with Crippen LogP contribution in [0.1, 0.15) is 32.4 Å². The van der Waals surface area contributed by atoms with E-state index in [0.717, 1.165) is 17.1 Å². The summed E-state index contributed by atoms with van der Waals surface area (Å²) in [7, 11) is 5.73. The number of ether oxygens (including phenoxy) is 2. The molecule has 0 aromatic heterocycles. The maximum absolute atomic E-state index is 6.02. The van der Waals surface area contributed by atoms with Crippen LogP contribution < -0.4 is 15.2 Å². The van der Waals surface area contributed by atoms with Crippen LogP contribution in [0, 0.1) is 0 Å². The Labute approximate surface area is 116 Å². The lowest BCUT2D eigenvalue weighted by atomic mass is 10.0. The first kappa shape index (κ1) is 15.8. The Morgan fingerprint density at radius 3 is 2.32 bits per heavy atom. The highest BCUT2D eigenvalue weighted by atomic mass is 16.5. The monoisotopic (exact) mass is 266 g/mol. The summed E-state index contributed by atoms with van der Waals surface area (Å²) in [6.45, 7) is 6.80. The van der Waals surface area contributed by atoms with Gasteiger partial charge in [0.1, 0.15) is 18.1 Å². The summed E-state index contributed by atoms with van der Waals surface area (Å²) in [6, 6.07) is 5.63. The van der Waals surface area contributed by atoms with Crippen LogP contribution in [-0.4, -0.2) is 38.3 Å². The molecule has 0 spiro atoms. The van der Waals surface area contributed by atoms with Crippen LogP contribution in [0.15, 0.2) is 18.2 Å². The van der Waals surface area contributed by atoms with Gasteiger partial charge >= 0.3 is 0 Å². The standard InChI is InChI=1S/C15H26N2O2/c1-11(16)14-12(18-6)8-7-9-13(14)19-10-15(2,3)17(4)5/h7-9,11H,10,16H2,1-6H3. The molecule has 0 saturated heterocycles. The molecule has 0 saturated carbocycles. The smallest absolute Gasteiger partial charge is 0.127 e. The Kier molecular flexibility index (Phi) is 5.20. The normalized spacial score (nSPS) is 13.5. The van der Waals surface area contributed by atoms with Crippen LogP contribution in [0.25, 0.3) is 0 Å². The highest BCUT2D eigenvalue weighted by Gasteiger charge is 2.23. The third-order valence-corrected chi connectivity index (χ3v) is 3.49. The quantitative estimate of drug-likeness (QED) is 0.859. The van der Waals surface area contributed by atoms with E-state index >= 15 is 0 Å². The minimum atomic E-state index is -0.131. The molecule has 0 radical (unpaired) electrons. The molecule has 1 aromatic rings. The summed E-state index contributed by atoms with van der Waals surface area (Å²) in [5, 5.41) is 0. The molecule has 0 aliphatic rings. The van der Waals surface area contributed by atoms with Gasteiger partial charge in [0.15, 0.2) is 0 Å². The van der Waals surface area contributed by atoms with E-state index in [1.54, 1.807) is 7.11 Å². The van der Waals surface area contributed by atoms with Crippen molar-refractivity contribution in [2.45, 2.75) is 32.4 Å². The number of nitrogens with two attached hydrogens (primary N) is 1. The van der Waals surface area contributed by atoms with Crippen molar-refractivity contribution in [2.75, 3.05) is 27.8 Å². The zero-order chi connectivity index (χ0) is 14.6. The minimum absolute atomic E-state index is 0.0435. The molecule has 4 heteroatoms. The van der Waals surface area contributed by atoms with Gasteiger partial charge in [0.25, 0.3) is 0 Å². The molecule has 0 aliphatic carbocycles. The summed E-state index contributed by atoms with van der Waals surface area (Å²) in [5.74, 6) is 1.57. The maximum Gasteiger partial charge on any atom is 0.127 e. The van der Waals surface area contributed by atoms with Crippen LogP contribution in [0.2, 0.25) is 0 Å². The maximum atomic E-state index is 6.02. The predicted molar refractivity (Wildman–Crippen MR) is 78.9 cm³/mol. The molecule has 0 bridgehead atoms. The van der Waals surface area contributed by atoms with Gasteiger partial charge in [-0.3, -0.25) is 0 Å². The van der Waals surface area contributed by atoms with Crippen molar-refractivity contribution >= 4 is 0 Å². The number of likely N-dealkylation sites (N-methyl/N-ethyl adjacent to an activating group) is 1. The number of hydrogen-bond acceptors (Lipinski definition) is 4. The average molecular weight is 266 g/mol. The Balaban J connectivity index is 2.96. The lowest BCUT2D eigenvalue weighted by Crippen LogP contribution is -2.43. The predicted octanol–water partition coefficient (Wildman–Crippen LogP) is 2.43. The van der Waals surface area contributed by atoms with E-state index < -0.39 is 0 Å². The summed E-state index contributed by atoms with van der Waals surface area (Å²) in [5.41, 5.74) is 6.89. The third-order valence-electron chi connectivity index (χ3n) is 3.49. The molecule has 1 atom stereocenters. The van der Waals surface area contributed by atoms with E-state index in [1.165, 1.54) is 0 Å². The second-order valence-electron chi connectivity index (χ2n) is 5.66. The van der Waals surface area contributed by atoms with E-state index in [2.05, 4.69) is 18.7 Å². The van der Waals surface area contributed by atoms with Crippen molar-refractivity contribution in [1.29, 1.82) is 0 Å². The molecule has 4 nitrogen and oxygen atoms in total. The van der Waals surface area contributed by atoms with Gasteiger partial charge < -0.3 is 20.1 Å². The van der Waals surface area contributed by atoms with Crippen molar-refractivity contribution in [1.82, 2.24) is 4.90 Å². The number of nitrogens with zero attached hydrogens (tertiary/aromatic N) is 1. The second-order valence-corrected chi connectivity index (χ2v) is 5.66. The zero-order valence-electron chi connectivity index (χ0n) is 12.9. The van der Waals surface area contributed by atoms with Crippen molar-refractivity contribution in [3.63, 3.8) is 0 Å². The lowest BCUT2D eigenvalue weighted by molar-refractivity contribution is 0.113. The number of hydrogen-bond donors (Lipinski definition) is 1. The molecule has 0 fully saturated rings. The molecule has 1 unspecified atom stereocenters. The van der Waals surface area contributed by atoms with Gasteiger partial charge in [-0.1, -0.05) is 6.07 Å². The first-order valence-corrected chi connectivity index (χ1v) is 6.52. The van der Waals surface area contributed by atoms with Crippen molar-refractivity contribution in [2.24, 2.45) is 5.73 Å². The highest BCUT2D eigenvalue weighted by molar-refractivity contribution is 5.46. The molecular formula is C15H26N2O2. The molecule has 1 rings (SSSR count). The van der Waals surface area contributed by atoms with E-state index in [4.69, 9.17) is 15.2 Å². The average Bonchev–Trinajstić information content (AvgIpc) is 2.35. The van der Waals surface area contributed by atoms with Crippen LogP contribution in [0.3, 0.4) is 0 Å².